The van der Waals surface area contributed by atoms with Gasteiger partial charge in [0.1, 0.15) is 0 Å². The first kappa shape index (κ1) is 4.77. The molecule has 0 radical (unpaired) electrons. The van der Waals surface area contributed by atoms with E-state index in [9.17, 15) is 0 Å². The van der Waals surface area contributed by atoms with Gasteiger partial charge in [-0.05, 0) is 20.5 Å². The standard InChI is InChI=1S/C6H12N2/c1-7-4-3-5-6(7)8(5)2/h5-6H,3-4H2,1-2H3. The fourth-order valence-corrected chi connectivity index (χ4v) is 1.81. The summed E-state index contributed by atoms with van der Waals surface area (Å²) in [6, 6.07) is 0.917. The molecular formula is C6H12N2. The third-order valence-electron chi connectivity index (χ3n) is 2.42. The van der Waals surface area contributed by atoms with Gasteiger partial charge in [-0.25, -0.2) is 0 Å². The lowest BCUT2D eigenvalue weighted by Gasteiger charge is -2.10. The molecule has 3 unspecified atom stereocenters. The molecule has 2 heterocycles. The molecule has 2 nitrogen and oxygen atoms in total. The van der Waals surface area contributed by atoms with E-state index in [1.165, 1.54) is 13.0 Å². The Kier molecular flexibility index (Phi) is 0.746. The lowest BCUT2D eigenvalue weighted by atomic mass is 10.4. The fourth-order valence-electron chi connectivity index (χ4n) is 1.81. The number of hydrogen-bond donors (Lipinski definition) is 0. The van der Waals surface area contributed by atoms with E-state index in [4.69, 9.17) is 0 Å². The van der Waals surface area contributed by atoms with Crippen LogP contribution in [-0.4, -0.2) is 42.6 Å². The van der Waals surface area contributed by atoms with Crippen LogP contribution in [0.1, 0.15) is 6.42 Å². The summed E-state index contributed by atoms with van der Waals surface area (Å²) in [5.74, 6) is 0. The summed E-state index contributed by atoms with van der Waals surface area (Å²) in [5, 5.41) is 0. The molecule has 0 saturated carbocycles. The highest BCUT2D eigenvalue weighted by Gasteiger charge is 2.50. The molecule has 2 heteroatoms. The van der Waals surface area contributed by atoms with Gasteiger partial charge in [-0.3, -0.25) is 9.80 Å². The number of likely N-dealkylation sites (tertiary alicyclic amines) is 1. The molecule has 3 atom stereocenters. The quantitative estimate of drug-likeness (QED) is 0.406. The lowest BCUT2D eigenvalue weighted by molar-refractivity contribution is 0.285. The normalized spacial score (nSPS) is 54.0. The number of likely N-dealkylation sites (N-methyl/N-ethyl adjacent to an activating group) is 2. The predicted octanol–water partition coefficient (Wildman–Crippen LogP) is -0.0380. The summed E-state index contributed by atoms with van der Waals surface area (Å²) >= 11 is 0. The van der Waals surface area contributed by atoms with Crippen LogP contribution in [0, 0.1) is 0 Å². The molecule has 0 aliphatic carbocycles. The Morgan fingerprint density at radius 1 is 1.38 bits per heavy atom. The van der Waals surface area contributed by atoms with Crippen molar-refractivity contribution in [2.75, 3.05) is 20.6 Å². The summed E-state index contributed by atoms with van der Waals surface area (Å²) in [5.41, 5.74) is 0. The minimum atomic E-state index is 0.815. The van der Waals surface area contributed by atoms with Gasteiger partial charge in [-0.15, -0.1) is 0 Å². The van der Waals surface area contributed by atoms with Crippen molar-refractivity contribution in [1.82, 2.24) is 9.80 Å². The van der Waals surface area contributed by atoms with Crippen LogP contribution in [0.5, 0.6) is 0 Å². The van der Waals surface area contributed by atoms with Crippen LogP contribution in [-0.2, 0) is 0 Å². The van der Waals surface area contributed by atoms with Crippen molar-refractivity contribution in [2.24, 2.45) is 0 Å². The van der Waals surface area contributed by atoms with Crippen molar-refractivity contribution >= 4 is 0 Å². The van der Waals surface area contributed by atoms with E-state index >= 15 is 0 Å². The summed E-state index contributed by atoms with van der Waals surface area (Å²) in [6.07, 6.45) is 2.20. The zero-order valence-corrected chi connectivity index (χ0v) is 5.46. The second-order valence-electron chi connectivity index (χ2n) is 2.92. The van der Waals surface area contributed by atoms with Gasteiger partial charge in [0.2, 0.25) is 0 Å². The van der Waals surface area contributed by atoms with Crippen molar-refractivity contribution in [3.63, 3.8) is 0 Å². The summed E-state index contributed by atoms with van der Waals surface area (Å²) in [6.45, 7) is 1.31. The summed E-state index contributed by atoms with van der Waals surface area (Å²) in [4.78, 5) is 4.84. The highest BCUT2D eigenvalue weighted by Crippen LogP contribution is 2.36. The Bertz CT molecular complexity index is 111. The zero-order valence-electron chi connectivity index (χ0n) is 5.46. The van der Waals surface area contributed by atoms with Gasteiger partial charge in [0.05, 0.1) is 6.17 Å². The van der Waals surface area contributed by atoms with Gasteiger partial charge in [0.25, 0.3) is 0 Å². The Morgan fingerprint density at radius 3 is 2.38 bits per heavy atom. The molecule has 0 aromatic rings. The van der Waals surface area contributed by atoms with Crippen LogP contribution in [0.3, 0.4) is 0 Å². The van der Waals surface area contributed by atoms with Gasteiger partial charge >= 0.3 is 0 Å². The third-order valence-corrected chi connectivity index (χ3v) is 2.42. The Balaban J connectivity index is 2.07. The lowest BCUT2D eigenvalue weighted by Crippen LogP contribution is -2.22. The molecule has 2 saturated heterocycles. The maximum Gasteiger partial charge on any atom is 0.0782 e. The number of hydrogen-bond acceptors (Lipinski definition) is 2. The number of nitrogens with zero attached hydrogens (tertiary/aromatic N) is 2. The highest BCUT2D eigenvalue weighted by molar-refractivity contribution is 5.03. The van der Waals surface area contributed by atoms with Crippen LogP contribution >= 0.6 is 0 Å². The van der Waals surface area contributed by atoms with E-state index in [-0.39, 0.29) is 0 Å². The third kappa shape index (κ3) is 0.400. The molecule has 0 amide bonds. The second-order valence-corrected chi connectivity index (χ2v) is 2.92. The molecule has 2 rings (SSSR count). The molecule has 0 aromatic heterocycles. The molecule has 0 bridgehead atoms. The van der Waals surface area contributed by atoms with E-state index in [0.717, 1.165) is 12.2 Å². The fraction of sp³-hybridized carbons (Fsp3) is 1.00. The second kappa shape index (κ2) is 1.25. The van der Waals surface area contributed by atoms with Crippen LogP contribution < -0.4 is 0 Å². The maximum atomic E-state index is 2.42. The SMILES string of the molecule is CN1CCC2C1N2C. The molecule has 0 N–H and O–H groups in total. The monoisotopic (exact) mass is 112 g/mol. The van der Waals surface area contributed by atoms with Crippen molar-refractivity contribution in [3.05, 3.63) is 0 Å². The summed E-state index contributed by atoms with van der Waals surface area (Å²) in [7, 11) is 4.40. The Hall–Kier alpha value is -0.0800. The number of rotatable bonds is 0. The highest BCUT2D eigenvalue weighted by atomic mass is 15.5. The average Bonchev–Trinajstić information content (AvgIpc) is 2.13. The summed E-state index contributed by atoms with van der Waals surface area (Å²) < 4.78 is 0. The molecule has 0 aromatic carbocycles. The van der Waals surface area contributed by atoms with E-state index in [2.05, 4.69) is 23.9 Å². The minimum Gasteiger partial charge on any atom is -0.290 e. The van der Waals surface area contributed by atoms with Gasteiger partial charge in [0.15, 0.2) is 0 Å². The van der Waals surface area contributed by atoms with Gasteiger partial charge in [-0.1, -0.05) is 0 Å². The van der Waals surface area contributed by atoms with E-state index in [0.29, 0.717) is 0 Å². The Morgan fingerprint density at radius 2 is 2.12 bits per heavy atom. The first-order chi connectivity index (χ1) is 3.80. The first-order valence-corrected chi connectivity index (χ1v) is 3.23. The maximum absolute atomic E-state index is 2.42. The van der Waals surface area contributed by atoms with Crippen LogP contribution in [0.25, 0.3) is 0 Å². The molecule has 2 aliphatic rings. The smallest absolute Gasteiger partial charge is 0.0782 e. The van der Waals surface area contributed by atoms with Crippen LogP contribution in [0.4, 0.5) is 0 Å². The van der Waals surface area contributed by atoms with Crippen molar-refractivity contribution in [1.29, 1.82) is 0 Å². The van der Waals surface area contributed by atoms with Crippen LogP contribution in [0.2, 0.25) is 0 Å². The van der Waals surface area contributed by atoms with Gasteiger partial charge < -0.3 is 0 Å². The largest absolute Gasteiger partial charge is 0.290 e. The topological polar surface area (TPSA) is 6.25 Å². The van der Waals surface area contributed by atoms with Crippen molar-refractivity contribution in [3.8, 4) is 0 Å². The number of fused-ring (bicyclic) bond motifs is 1. The van der Waals surface area contributed by atoms with Gasteiger partial charge in [0, 0.05) is 12.6 Å². The zero-order chi connectivity index (χ0) is 5.72. The molecule has 8 heavy (non-hydrogen) atoms. The first-order valence-electron chi connectivity index (χ1n) is 3.23. The van der Waals surface area contributed by atoms with E-state index in [1.54, 1.807) is 0 Å². The van der Waals surface area contributed by atoms with E-state index in [1.807, 2.05) is 0 Å². The molecule has 2 aliphatic heterocycles. The molecule has 46 valence electrons. The average molecular weight is 112 g/mol. The molecular weight excluding hydrogens is 100 g/mol. The van der Waals surface area contributed by atoms with E-state index < -0.39 is 0 Å². The van der Waals surface area contributed by atoms with Gasteiger partial charge in [-0.2, -0.15) is 0 Å². The predicted molar refractivity (Wildman–Crippen MR) is 32.6 cm³/mol. The van der Waals surface area contributed by atoms with Crippen molar-refractivity contribution in [2.45, 2.75) is 18.6 Å². The van der Waals surface area contributed by atoms with Crippen LogP contribution in [0.15, 0.2) is 0 Å². The Labute approximate surface area is 50.1 Å². The van der Waals surface area contributed by atoms with Crippen molar-refractivity contribution < 1.29 is 0 Å². The molecule has 2 fully saturated rings. The minimum absolute atomic E-state index is 0.815. The molecule has 0 spiro atoms.